The Hall–Kier alpha value is -3.01. The number of halogens is 2. The summed E-state index contributed by atoms with van der Waals surface area (Å²) in [6.45, 7) is 2.07. The number of dihydropyridines is 1. The fraction of sp³-hybridized carbons (Fsp3) is 0.174. The van der Waals surface area contributed by atoms with Crippen molar-refractivity contribution >= 4 is 45.3 Å². The normalized spacial score (nSPS) is 18.9. The largest absolute Gasteiger partial charge is 0.374 e. The third-order valence-corrected chi connectivity index (χ3v) is 6.32. The highest BCUT2D eigenvalue weighted by Crippen LogP contribution is 2.34. The van der Waals surface area contributed by atoms with Gasteiger partial charge in [-0.05, 0) is 41.9 Å². The third kappa shape index (κ3) is 3.76. The molecule has 3 heterocycles. The van der Waals surface area contributed by atoms with Crippen molar-refractivity contribution in [3.8, 4) is 0 Å². The first-order valence-electron chi connectivity index (χ1n) is 9.96. The van der Waals surface area contributed by atoms with Crippen LogP contribution in [0.4, 0.5) is 10.2 Å². The molecule has 1 aromatic carbocycles. The van der Waals surface area contributed by atoms with Crippen LogP contribution in [0.5, 0.6) is 0 Å². The molecular weight excluding hydrogens is 506 g/mol. The predicted octanol–water partition coefficient (Wildman–Crippen LogP) is 4.53. The molecule has 3 N–H and O–H groups in total. The number of benzene rings is 1. The first kappa shape index (κ1) is 19.9. The molecule has 8 heteroatoms. The lowest BCUT2D eigenvalue weighted by molar-refractivity contribution is 0.627. The molecule has 1 unspecified atom stereocenters. The molecule has 1 aliphatic heterocycles. The van der Waals surface area contributed by atoms with E-state index in [-0.39, 0.29) is 17.9 Å². The van der Waals surface area contributed by atoms with Crippen LogP contribution < -0.4 is 10.6 Å². The number of fused-ring (bicyclic) bond motifs is 2. The van der Waals surface area contributed by atoms with Gasteiger partial charge in [-0.3, -0.25) is 0 Å². The van der Waals surface area contributed by atoms with Crippen molar-refractivity contribution in [2.45, 2.75) is 19.0 Å². The van der Waals surface area contributed by atoms with E-state index in [2.05, 4.69) is 84.4 Å². The molecule has 2 atom stereocenters. The van der Waals surface area contributed by atoms with Gasteiger partial charge in [0.2, 0.25) is 0 Å². The summed E-state index contributed by atoms with van der Waals surface area (Å²) in [4.78, 5) is 15.9. The summed E-state index contributed by atoms with van der Waals surface area (Å²) in [5.41, 5.74) is 6.62. The lowest BCUT2D eigenvalue weighted by atomic mass is 9.86. The van der Waals surface area contributed by atoms with Crippen molar-refractivity contribution < 1.29 is 4.39 Å². The summed E-state index contributed by atoms with van der Waals surface area (Å²) in [6, 6.07) is 6.62. The van der Waals surface area contributed by atoms with Gasteiger partial charge in [0.15, 0.2) is 11.5 Å². The van der Waals surface area contributed by atoms with Gasteiger partial charge in [0, 0.05) is 15.7 Å². The number of H-pyrrole nitrogens is 1. The molecule has 1 aliphatic carbocycles. The first-order chi connectivity index (χ1) is 15.1. The SMILES string of the molecule is C[C@@H](Nc1ncnc2[nH]cnc12)C1=C(c2cccc(F)c2)NC2C=CC=C(CI)C2=C1. The summed E-state index contributed by atoms with van der Waals surface area (Å²) < 4.78 is 15.0. The second kappa shape index (κ2) is 8.26. The second-order valence-corrected chi connectivity index (χ2v) is 8.22. The molecule has 3 aromatic rings. The minimum atomic E-state index is -0.261. The van der Waals surface area contributed by atoms with Crippen LogP contribution in [0, 0.1) is 5.82 Å². The molecule has 31 heavy (non-hydrogen) atoms. The van der Waals surface area contributed by atoms with Crippen LogP contribution in [-0.2, 0) is 0 Å². The van der Waals surface area contributed by atoms with Gasteiger partial charge in [-0.25, -0.2) is 19.3 Å². The Morgan fingerprint density at radius 2 is 2.16 bits per heavy atom. The van der Waals surface area contributed by atoms with Gasteiger partial charge in [0.25, 0.3) is 0 Å². The maximum Gasteiger partial charge on any atom is 0.162 e. The van der Waals surface area contributed by atoms with E-state index in [0.29, 0.717) is 17.0 Å². The van der Waals surface area contributed by atoms with Gasteiger partial charge in [0.05, 0.1) is 18.4 Å². The zero-order chi connectivity index (χ0) is 21.4. The number of nitrogens with zero attached hydrogens (tertiary/aromatic N) is 3. The van der Waals surface area contributed by atoms with Gasteiger partial charge >= 0.3 is 0 Å². The highest BCUT2D eigenvalue weighted by molar-refractivity contribution is 14.1. The number of rotatable bonds is 5. The van der Waals surface area contributed by atoms with Crippen molar-refractivity contribution in [1.29, 1.82) is 0 Å². The quantitative estimate of drug-likeness (QED) is 0.337. The number of anilines is 1. The molecule has 0 radical (unpaired) electrons. The monoisotopic (exact) mass is 526 g/mol. The Morgan fingerprint density at radius 3 is 3.00 bits per heavy atom. The lowest BCUT2D eigenvalue weighted by Gasteiger charge is -2.33. The van der Waals surface area contributed by atoms with Gasteiger partial charge in [-0.1, -0.05) is 53.0 Å². The maximum absolute atomic E-state index is 14.1. The van der Waals surface area contributed by atoms with E-state index in [9.17, 15) is 4.39 Å². The summed E-state index contributed by atoms with van der Waals surface area (Å²) in [7, 11) is 0. The fourth-order valence-corrected chi connectivity index (χ4v) is 4.67. The molecule has 2 aromatic heterocycles. The number of imidazole rings is 1. The molecule has 0 fully saturated rings. The van der Waals surface area contributed by atoms with Gasteiger partial charge in [-0.2, -0.15) is 0 Å². The lowest BCUT2D eigenvalue weighted by Crippen LogP contribution is -2.36. The molecule has 0 spiro atoms. The smallest absolute Gasteiger partial charge is 0.162 e. The number of alkyl halides is 1. The zero-order valence-corrected chi connectivity index (χ0v) is 18.9. The predicted molar refractivity (Wildman–Crippen MR) is 129 cm³/mol. The maximum atomic E-state index is 14.1. The Balaban J connectivity index is 1.60. The average molecular weight is 526 g/mol. The van der Waals surface area contributed by atoms with E-state index >= 15 is 0 Å². The van der Waals surface area contributed by atoms with Crippen LogP contribution in [-0.4, -0.2) is 36.4 Å². The van der Waals surface area contributed by atoms with E-state index < -0.39 is 0 Å². The van der Waals surface area contributed by atoms with Crippen LogP contribution in [0.15, 0.2) is 77.9 Å². The van der Waals surface area contributed by atoms with Crippen molar-refractivity contribution in [1.82, 2.24) is 25.3 Å². The number of aromatic nitrogens is 4. The number of nitrogens with one attached hydrogen (secondary N) is 3. The highest BCUT2D eigenvalue weighted by atomic mass is 127. The zero-order valence-electron chi connectivity index (χ0n) is 16.7. The van der Waals surface area contributed by atoms with E-state index in [4.69, 9.17) is 0 Å². The third-order valence-electron chi connectivity index (χ3n) is 5.50. The summed E-state index contributed by atoms with van der Waals surface area (Å²) in [5.74, 6) is 0.390. The van der Waals surface area contributed by atoms with Crippen LogP contribution >= 0.6 is 22.6 Å². The van der Waals surface area contributed by atoms with Crippen molar-refractivity contribution in [2.75, 3.05) is 9.74 Å². The minimum Gasteiger partial charge on any atom is -0.374 e. The van der Waals surface area contributed by atoms with Crippen LogP contribution in [0.1, 0.15) is 12.5 Å². The molecule has 156 valence electrons. The second-order valence-electron chi connectivity index (χ2n) is 7.46. The van der Waals surface area contributed by atoms with E-state index in [0.717, 1.165) is 21.3 Å². The molecule has 0 bridgehead atoms. The topological polar surface area (TPSA) is 78.5 Å². The van der Waals surface area contributed by atoms with Crippen molar-refractivity contribution in [2.24, 2.45) is 0 Å². The molecule has 6 nitrogen and oxygen atoms in total. The molecule has 2 aliphatic rings. The molecular formula is C23H20FIN6. The average Bonchev–Trinajstić information content (AvgIpc) is 3.27. The Bertz CT molecular complexity index is 1270. The van der Waals surface area contributed by atoms with Gasteiger partial charge in [-0.15, -0.1) is 0 Å². The van der Waals surface area contributed by atoms with Crippen molar-refractivity contribution in [3.05, 3.63) is 89.3 Å². The summed E-state index contributed by atoms with van der Waals surface area (Å²) in [6.07, 6.45) is 11.7. The fourth-order valence-electron chi connectivity index (χ4n) is 3.98. The standard InChI is InChI=1S/C23H20FIN6/c1-13(30-23-21-22(27-11-26-21)28-12-29-23)17-9-18-15(10-25)5-3-7-19(18)31-20(17)14-4-2-6-16(24)8-14/h2-9,11-13,19,31H,10H2,1H3,(H2,26,27,28,29,30)/t13-,19?/m1/s1. The Labute approximate surface area is 192 Å². The Morgan fingerprint density at radius 1 is 1.26 bits per heavy atom. The number of allylic oxidation sites excluding steroid dienone is 2. The van der Waals surface area contributed by atoms with Gasteiger partial charge < -0.3 is 15.6 Å². The summed E-state index contributed by atoms with van der Waals surface area (Å²) in [5, 5.41) is 7.11. The summed E-state index contributed by atoms with van der Waals surface area (Å²) >= 11 is 2.39. The molecule has 0 saturated carbocycles. The molecule has 5 rings (SSSR count). The van der Waals surface area contributed by atoms with Crippen LogP contribution in [0.2, 0.25) is 0 Å². The number of hydrogen-bond acceptors (Lipinski definition) is 5. The Kier molecular flexibility index (Phi) is 5.31. The highest BCUT2D eigenvalue weighted by Gasteiger charge is 2.27. The van der Waals surface area contributed by atoms with E-state index in [1.54, 1.807) is 18.5 Å². The number of hydrogen-bond donors (Lipinski definition) is 3. The first-order valence-corrected chi connectivity index (χ1v) is 11.5. The van der Waals surface area contributed by atoms with E-state index in [1.807, 2.05) is 6.07 Å². The van der Waals surface area contributed by atoms with Crippen molar-refractivity contribution in [3.63, 3.8) is 0 Å². The van der Waals surface area contributed by atoms with Crippen LogP contribution in [0.25, 0.3) is 16.9 Å². The molecule has 0 amide bonds. The minimum absolute atomic E-state index is 0.0566. The molecule has 0 saturated heterocycles. The van der Waals surface area contributed by atoms with Crippen LogP contribution in [0.3, 0.4) is 0 Å². The van der Waals surface area contributed by atoms with E-state index in [1.165, 1.54) is 23.5 Å². The number of aromatic amines is 1. The van der Waals surface area contributed by atoms with Gasteiger partial charge in [0.1, 0.15) is 17.7 Å².